The molecule has 0 saturated heterocycles. The Labute approximate surface area is 75.1 Å². The van der Waals surface area contributed by atoms with Crippen LogP contribution in [0.2, 0.25) is 0 Å². The van der Waals surface area contributed by atoms with Crippen molar-refractivity contribution < 1.29 is 9.63 Å². The van der Waals surface area contributed by atoms with Crippen LogP contribution in [0.5, 0.6) is 0 Å². The van der Waals surface area contributed by atoms with Gasteiger partial charge in [0.05, 0.1) is 0 Å². The van der Waals surface area contributed by atoms with Crippen LogP contribution in [0.15, 0.2) is 0 Å². The van der Waals surface area contributed by atoms with Crippen LogP contribution in [0.1, 0.15) is 0 Å². The third-order valence-corrected chi connectivity index (χ3v) is 1.41. The highest BCUT2D eigenvalue weighted by Crippen LogP contribution is 1.94. The Balaban J connectivity index is 3.76. The van der Waals surface area contributed by atoms with E-state index in [4.69, 9.17) is 23.2 Å². The normalized spacial score (nSPS) is 9.36. The maximum absolute atomic E-state index is 10.8. The van der Waals surface area contributed by atoms with Gasteiger partial charge in [0, 0.05) is 24.8 Å². The Kier molecular flexibility index (Phi) is 6.40. The van der Waals surface area contributed by atoms with E-state index in [1.165, 1.54) is 4.90 Å². The fourth-order valence-electron chi connectivity index (χ4n) is 0.573. The molecule has 0 spiro atoms. The van der Waals surface area contributed by atoms with E-state index in [9.17, 15) is 4.79 Å². The zero-order valence-corrected chi connectivity index (χ0v) is 7.44. The first-order valence-electron chi connectivity index (χ1n) is 3.03. The lowest BCUT2D eigenvalue weighted by Crippen LogP contribution is -2.36. The van der Waals surface area contributed by atoms with Crippen molar-refractivity contribution in [2.24, 2.45) is 5.90 Å². The lowest BCUT2D eigenvalue weighted by molar-refractivity contribution is 0.107. The summed E-state index contributed by atoms with van der Waals surface area (Å²) in [7, 11) is 0. The molecule has 0 fully saturated rings. The van der Waals surface area contributed by atoms with E-state index in [1.54, 1.807) is 0 Å². The summed E-state index contributed by atoms with van der Waals surface area (Å²) in [6.07, 6.45) is -0.605. The van der Waals surface area contributed by atoms with Crippen LogP contribution in [-0.2, 0) is 4.84 Å². The molecule has 0 aromatic carbocycles. The van der Waals surface area contributed by atoms with E-state index in [-0.39, 0.29) is 0 Å². The standard InChI is InChI=1S/C5H10Cl2N2O2/c6-1-3-9(4-2-7)5(10)11-8/h1-4,8H2. The fourth-order valence-corrected chi connectivity index (χ4v) is 0.981. The number of hydrogen-bond donors (Lipinski definition) is 1. The highest BCUT2D eigenvalue weighted by molar-refractivity contribution is 6.18. The number of alkyl halides is 2. The number of amides is 1. The highest BCUT2D eigenvalue weighted by atomic mass is 35.5. The molecule has 0 heterocycles. The predicted molar refractivity (Wildman–Crippen MR) is 43.7 cm³/mol. The molecule has 0 radical (unpaired) electrons. The van der Waals surface area contributed by atoms with Gasteiger partial charge >= 0.3 is 6.09 Å². The van der Waals surface area contributed by atoms with E-state index in [1.807, 2.05) is 0 Å². The zero-order chi connectivity index (χ0) is 8.69. The summed E-state index contributed by atoms with van der Waals surface area (Å²) < 4.78 is 0. The molecule has 0 aliphatic heterocycles. The number of carbonyl (C=O) groups excluding carboxylic acids is 1. The lowest BCUT2D eigenvalue weighted by Gasteiger charge is -2.17. The third-order valence-electron chi connectivity index (χ3n) is 1.07. The number of rotatable bonds is 4. The number of halogens is 2. The largest absolute Gasteiger partial charge is 0.428 e. The summed E-state index contributed by atoms with van der Waals surface area (Å²) in [5.74, 6) is 5.33. The number of nitrogens with zero attached hydrogens (tertiary/aromatic N) is 1. The second-order valence-electron chi connectivity index (χ2n) is 1.75. The maximum atomic E-state index is 10.8. The Morgan fingerprint density at radius 3 is 2.09 bits per heavy atom. The Hall–Kier alpha value is -0.190. The van der Waals surface area contributed by atoms with Gasteiger partial charge in [0.15, 0.2) is 0 Å². The van der Waals surface area contributed by atoms with Gasteiger partial charge in [-0.3, -0.25) is 0 Å². The molecule has 6 heteroatoms. The van der Waals surface area contributed by atoms with Gasteiger partial charge in [-0.05, 0) is 0 Å². The molecule has 66 valence electrons. The molecule has 0 aromatic rings. The minimum Gasteiger partial charge on any atom is -0.357 e. The van der Waals surface area contributed by atoms with Gasteiger partial charge in [0.1, 0.15) is 0 Å². The maximum Gasteiger partial charge on any atom is 0.428 e. The fraction of sp³-hybridized carbons (Fsp3) is 0.800. The molecule has 1 amide bonds. The number of carbonyl (C=O) groups is 1. The van der Waals surface area contributed by atoms with Gasteiger partial charge in [0.2, 0.25) is 0 Å². The summed E-state index contributed by atoms with van der Waals surface area (Å²) in [4.78, 5) is 16.1. The molecule has 0 saturated carbocycles. The Bertz CT molecular complexity index is 117. The van der Waals surface area contributed by atoms with Crippen molar-refractivity contribution in [2.75, 3.05) is 24.8 Å². The van der Waals surface area contributed by atoms with Crippen LogP contribution in [0, 0.1) is 0 Å². The molecule has 0 aliphatic carbocycles. The summed E-state index contributed by atoms with van der Waals surface area (Å²) in [5.41, 5.74) is 0. The lowest BCUT2D eigenvalue weighted by atomic mass is 10.5. The monoisotopic (exact) mass is 200 g/mol. The van der Waals surface area contributed by atoms with Crippen LogP contribution in [0.25, 0.3) is 0 Å². The van der Waals surface area contributed by atoms with E-state index in [0.29, 0.717) is 24.8 Å². The average molecular weight is 201 g/mol. The van der Waals surface area contributed by atoms with Crippen LogP contribution in [0.4, 0.5) is 4.79 Å². The second-order valence-corrected chi connectivity index (χ2v) is 2.50. The van der Waals surface area contributed by atoms with Crippen molar-refractivity contribution in [3.05, 3.63) is 0 Å². The average Bonchev–Trinajstić information content (AvgIpc) is 2.03. The molecule has 2 N–H and O–H groups in total. The minimum atomic E-state index is -0.605. The molecular weight excluding hydrogens is 191 g/mol. The van der Waals surface area contributed by atoms with E-state index in [0.717, 1.165) is 0 Å². The summed E-state index contributed by atoms with van der Waals surface area (Å²) in [6, 6.07) is 0. The molecule has 4 nitrogen and oxygen atoms in total. The van der Waals surface area contributed by atoms with Gasteiger partial charge in [-0.1, -0.05) is 0 Å². The van der Waals surface area contributed by atoms with Crippen molar-refractivity contribution in [3.63, 3.8) is 0 Å². The first kappa shape index (κ1) is 10.8. The first-order chi connectivity index (χ1) is 5.26. The Morgan fingerprint density at radius 2 is 1.82 bits per heavy atom. The smallest absolute Gasteiger partial charge is 0.357 e. The minimum absolute atomic E-state index is 0.339. The summed E-state index contributed by atoms with van der Waals surface area (Å²) >= 11 is 10.8. The summed E-state index contributed by atoms with van der Waals surface area (Å²) in [5, 5.41) is 0. The molecule has 0 aromatic heterocycles. The second kappa shape index (κ2) is 6.52. The van der Waals surface area contributed by atoms with Crippen LogP contribution < -0.4 is 5.90 Å². The van der Waals surface area contributed by atoms with Crippen LogP contribution in [-0.4, -0.2) is 35.8 Å². The molecule has 11 heavy (non-hydrogen) atoms. The molecule has 0 aliphatic rings. The number of nitrogens with two attached hydrogens (primary N) is 1. The zero-order valence-electron chi connectivity index (χ0n) is 5.93. The van der Waals surface area contributed by atoms with Crippen LogP contribution in [0.3, 0.4) is 0 Å². The van der Waals surface area contributed by atoms with Gasteiger partial charge in [-0.2, -0.15) is 5.90 Å². The van der Waals surface area contributed by atoms with E-state index >= 15 is 0 Å². The predicted octanol–water partition coefficient (Wildman–Crippen LogP) is 0.776. The molecule has 0 atom stereocenters. The van der Waals surface area contributed by atoms with Crippen molar-refractivity contribution >= 4 is 29.3 Å². The van der Waals surface area contributed by atoms with Gasteiger partial charge in [-0.25, -0.2) is 4.79 Å². The van der Waals surface area contributed by atoms with Crippen molar-refractivity contribution in [2.45, 2.75) is 0 Å². The quantitative estimate of drug-likeness (QED) is 0.540. The van der Waals surface area contributed by atoms with E-state index in [2.05, 4.69) is 10.7 Å². The third kappa shape index (κ3) is 4.29. The SMILES string of the molecule is NOC(=O)N(CCCl)CCCl. The van der Waals surface area contributed by atoms with Crippen molar-refractivity contribution in [1.29, 1.82) is 0 Å². The topological polar surface area (TPSA) is 55.6 Å². The molecular formula is C5H10Cl2N2O2. The van der Waals surface area contributed by atoms with Gasteiger partial charge < -0.3 is 9.74 Å². The molecule has 0 rings (SSSR count). The highest BCUT2D eigenvalue weighted by Gasteiger charge is 2.11. The van der Waals surface area contributed by atoms with Crippen molar-refractivity contribution in [1.82, 2.24) is 4.90 Å². The number of hydrogen-bond acceptors (Lipinski definition) is 3. The first-order valence-corrected chi connectivity index (χ1v) is 4.10. The van der Waals surface area contributed by atoms with Crippen LogP contribution >= 0.6 is 23.2 Å². The van der Waals surface area contributed by atoms with Gasteiger partial charge in [-0.15, -0.1) is 23.2 Å². The van der Waals surface area contributed by atoms with E-state index < -0.39 is 6.09 Å². The van der Waals surface area contributed by atoms with Gasteiger partial charge in [0.25, 0.3) is 0 Å². The molecule has 0 bridgehead atoms. The van der Waals surface area contributed by atoms with Crippen molar-refractivity contribution in [3.8, 4) is 0 Å². The molecule has 0 unspecified atom stereocenters. The summed E-state index contributed by atoms with van der Waals surface area (Å²) in [6.45, 7) is 0.786. The Morgan fingerprint density at radius 1 is 1.36 bits per heavy atom.